The zero-order valence-corrected chi connectivity index (χ0v) is 11.3. The molecule has 2 unspecified atom stereocenters. The highest BCUT2D eigenvalue weighted by molar-refractivity contribution is 5.72. The Kier molecular flexibility index (Phi) is 3.80. The number of hydrogen-bond donors (Lipinski definition) is 2. The van der Waals surface area contributed by atoms with Gasteiger partial charge >= 0.3 is 5.97 Å². The van der Waals surface area contributed by atoms with Crippen LogP contribution in [0.25, 0.3) is 5.69 Å². The van der Waals surface area contributed by atoms with E-state index >= 15 is 0 Å². The molecule has 0 radical (unpaired) electrons. The number of aromatic nitrogens is 4. The van der Waals surface area contributed by atoms with Gasteiger partial charge < -0.3 is 10.2 Å². The first-order chi connectivity index (χ1) is 9.46. The molecule has 0 saturated heterocycles. The van der Waals surface area contributed by atoms with Crippen molar-refractivity contribution in [2.75, 3.05) is 0 Å². The average molecular weight is 276 g/mol. The van der Waals surface area contributed by atoms with E-state index in [1.54, 1.807) is 31.2 Å². The van der Waals surface area contributed by atoms with Gasteiger partial charge in [-0.05, 0) is 41.5 Å². The van der Waals surface area contributed by atoms with Crippen molar-refractivity contribution in [3.05, 3.63) is 36.2 Å². The molecular formula is C13H16N4O3. The largest absolute Gasteiger partial charge is 0.481 e. The van der Waals surface area contributed by atoms with Gasteiger partial charge in [0.25, 0.3) is 0 Å². The Labute approximate surface area is 115 Å². The van der Waals surface area contributed by atoms with Crippen LogP contribution < -0.4 is 0 Å². The molecule has 0 aliphatic rings. The van der Waals surface area contributed by atoms with Crippen molar-refractivity contribution in [2.24, 2.45) is 5.92 Å². The monoisotopic (exact) mass is 276 g/mol. The van der Waals surface area contributed by atoms with Crippen molar-refractivity contribution < 1.29 is 15.0 Å². The Morgan fingerprint density at radius 3 is 2.80 bits per heavy atom. The lowest BCUT2D eigenvalue weighted by molar-refractivity contribution is -0.152. The zero-order valence-electron chi connectivity index (χ0n) is 11.3. The molecule has 7 nitrogen and oxygen atoms in total. The van der Waals surface area contributed by atoms with E-state index in [1.807, 2.05) is 0 Å². The Morgan fingerprint density at radius 1 is 1.50 bits per heavy atom. The highest BCUT2D eigenvalue weighted by atomic mass is 16.4. The van der Waals surface area contributed by atoms with E-state index in [-0.39, 0.29) is 0 Å². The Bertz CT molecular complexity index is 595. The van der Waals surface area contributed by atoms with Crippen molar-refractivity contribution in [3.63, 3.8) is 0 Å². The van der Waals surface area contributed by atoms with Crippen LogP contribution in [0.4, 0.5) is 0 Å². The molecule has 0 bridgehead atoms. The van der Waals surface area contributed by atoms with Crippen molar-refractivity contribution in [2.45, 2.75) is 25.9 Å². The van der Waals surface area contributed by atoms with E-state index in [0.717, 1.165) is 0 Å². The summed E-state index contributed by atoms with van der Waals surface area (Å²) in [5, 5.41) is 30.7. The van der Waals surface area contributed by atoms with E-state index in [1.165, 1.54) is 17.9 Å². The van der Waals surface area contributed by atoms with Gasteiger partial charge in [-0.25, -0.2) is 4.68 Å². The van der Waals surface area contributed by atoms with Crippen LogP contribution in [0.15, 0.2) is 30.6 Å². The Morgan fingerprint density at radius 2 is 2.25 bits per heavy atom. The fourth-order valence-corrected chi connectivity index (χ4v) is 2.26. The van der Waals surface area contributed by atoms with Gasteiger partial charge in [0.1, 0.15) is 11.9 Å². The topological polar surface area (TPSA) is 101 Å². The average Bonchev–Trinajstić information content (AvgIpc) is 2.92. The van der Waals surface area contributed by atoms with Gasteiger partial charge in [0.15, 0.2) is 0 Å². The highest BCUT2D eigenvalue weighted by Gasteiger charge is 2.37. The summed E-state index contributed by atoms with van der Waals surface area (Å²) in [6, 6.07) is 6.88. The van der Waals surface area contributed by atoms with Crippen LogP contribution >= 0.6 is 0 Å². The second kappa shape index (κ2) is 5.38. The predicted molar refractivity (Wildman–Crippen MR) is 70.1 cm³/mol. The van der Waals surface area contributed by atoms with Gasteiger partial charge in [-0.3, -0.25) is 4.79 Å². The molecule has 0 saturated carbocycles. The summed E-state index contributed by atoms with van der Waals surface area (Å²) in [5.41, 5.74) is -0.294. The van der Waals surface area contributed by atoms with E-state index < -0.39 is 17.5 Å². The molecule has 0 aliphatic heterocycles. The SMILES string of the molecule is CCC(C(=O)O)C(C)(O)c1cccc(-n2cnnn2)c1. The van der Waals surface area contributed by atoms with Crippen molar-refractivity contribution in [1.29, 1.82) is 0 Å². The number of tetrazole rings is 1. The molecule has 2 rings (SSSR count). The number of carbonyl (C=O) groups is 1. The number of hydrogen-bond acceptors (Lipinski definition) is 5. The lowest BCUT2D eigenvalue weighted by Gasteiger charge is -2.30. The minimum Gasteiger partial charge on any atom is -0.481 e. The van der Waals surface area contributed by atoms with Crippen molar-refractivity contribution in [3.8, 4) is 5.69 Å². The third-order valence-corrected chi connectivity index (χ3v) is 3.43. The summed E-state index contributed by atoms with van der Waals surface area (Å²) in [7, 11) is 0. The van der Waals surface area contributed by atoms with Crippen LogP contribution in [0.2, 0.25) is 0 Å². The van der Waals surface area contributed by atoms with Crippen LogP contribution in [0.5, 0.6) is 0 Å². The molecule has 1 heterocycles. The molecule has 0 spiro atoms. The third kappa shape index (κ3) is 2.53. The van der Waals surface area contributed by atoms with E-state index in [4.69, 9.17) is 0 Å². The number of benzene rings is 1. The Hall–Kier alpha value is -2.28. The van der Waals surface area contributed by atoms with Crippen molar-refractivity contribution in [1.82, 2.24) is 20.2 Å². The molecule has 20 heavy (non-hydrogen) atoms. The van der Waals surface area contributed by atoms with Gasteiger partial charge in [-0.1, -0.05) is 19.1 Å². The Balaban J connectivity index is 2.42. The summed E-state index contributed by atoms with van der Waals surface area (Å²) in [6.45, 7) is 3.24. The zero-order chi connectivity index (χ0) is 14.8. The molecule has 0 amide bonds. The maximum Gasteiger partial charge on any atom is 0.309 e. The quantitative estimate of drug-likeness (QED) is 0.844. The summed E-state index contributed by atoms with van der Waals surface area (Å²) in [5.74, 6) is -1.91. The number of aliphatic hydroxyl groups is 1. The first-order valence-corrected chi connectivity index (χ1v) is 6.26. The number of nitrogens with zero attached hydrogens (tertiary/aromatic N) is 4. The molecule has 2 atom stereocenters. The molecule has 1 aromatic carbocycles. The fraction of sp³-hybridized carbons (Fsp3) is 0.385. The van der Waals surface area contributed by atoms with Crippen molar-refractivity contribution >= 4 is 5.97 Å². The number of aliphatic carboxylic acids is 1. The fourth-order valence-electron chi connectivity index (χ4n) is 2.26. The van der Waals surface area contributed by atoms with Gasteiger partial charge in [0.2, 0.25) is 0 Å². The van der Waals surface area contributed by atoms with Crippen LogP contribution in [-0.2, 0) is 10.4 Å². The number of rotatable bonds is 5. The summed E-state index contributed by atoms with van der Waals surface area (Å²) >= 11 is 0. The molecule has 2 aromatic rings. The lowest BCUT2D eigenvalue weighted by atomic mass is 9.81. The summed E-state index contributed by atoms with van der Waals surface area (Å²) in [4.78, 5) is 11.3. The van der Waals surface area contributed by atoms with E-state index in [2.05, 4.69) is 15.5 Å². The van der Waals surface area contributed by atoms with Gasteiger partial charge in [0, 0.05) is 0 Å². The molecule has 106 valence electrons. The number of carboxylic acid groups (broad SMARTS) is 1. The van der Waals surface area contributed by atoms with Gasteiger partial charge in [0.05, 0.1) is 11.6 Å². The predicted octanol–water partition coefficient (Wildman–Crippen LogP) is 0.981. The van der Waals surface area contributed by atoms with Gasteiger partial charge in [-0.15, -0.1) is 5.10 Å². The van der Waals surface area contributed by atoms with Crippen LogP contribution in [0.3, 0.4) is 0 Å². The standard InChI is InChI=1S/C13H16N4O3/c1-3-11(12(18)19)13(2,20)9-5-4-6-10(7-9)17-8-14-15-16-17/h4-8,11,20H,3H2,1-2H3,(H,18,19). The van der Waals surface area contributed by atoms with E-state index in [0.29, 0.717) is 17.7 Å². The lowest BCUT2D eigenvalue weighted by Crippen LogP contribution is -2.36. The third-order valence-electron chi connectivity index (χ3n) is 3.43. The van der Waals surface area contributed by atoms with E-state index in [9.17, 15) is 15.0 Å². The second-order valence-corrected chi connectivity index (χ2v) is 4.75. The molecule has 0 aliphatic carbocycles. The minimum absolute atomic E-state index is 0.331. The first-order valence-electron chi connectivity index (χ1n) is 6.26. The summed E-state index contributed by atoms with van der Waals surface area (Å²) < 4.78 is 1.45. The summed E-state index contributed by atoms with van der Waals surface area (Å²) in [6.07, 6.45) is 1.76. The van der Waals surface area contributed by atoms with Gasteiger partial charge in [-0.2, -0.15) is 0 Å². The molecule has 0 fully saturated rings. The molecule has 7 heteroatoms. The minimum atomic E-state index is -1.47. The number of carboxylic acids is 1. The molecular weight excluding hydrogens is 260 g/mol. The van der Waals surface area contributed by atoms with Crippen LogP contribution in [0, 0.1) is 5.92 Å². The maximum absolute atomic E-state index is 11.3. The smallest absolute Gasteiger partial charge is 0.309 e. The second-order valence-electron chi connectivity index (χ2n) is 4.75. The van der Waals surface area contributed by atoms with Crippen LogP contribution in [0.1, 0.15) is 25.8 Å². The molecule has 1 aromatic heterocycles. The maximum atomic E-state index is 11.3. The normalized spacial score (nSPS) is 15.6. The first kappa shape index (κ1) is 14.1. The van der Waals surface area contributed by atoms with Crippen LogP contribution in [-0.4, -0.2) is 36.4 Å². The highest BCUT2D eigenvalue weighted by Crippen LogP contribution is 2.32. The molecule has 2 N–H and O–H groups in total.